The van der Waals surface area contributed by atoms with E-state index in [9.17, 15) is 13.2 Å². The van der Waals surface area contributed by atoms with Crippen LogP contribution in [0, 0.1) is 0 Å². The van der Waals surface area contributed by atoms with Gasteiger partial charge in [-0.1, -0.05) is 18.2 Å². The van der Waals surface area contributed by atoms with Crippen molar-refractivity contribution in [3.63, 3.8) is 0 Å². The number of carbonyl (C=O) groups is 1. The van der Waals surface area contributed by atoms with Crippen LogP contribution in [0.3, 0.4) is 0 Å². The van der Waals surface area contributed by atoms with Gasteiger partial charge in [0.05, 0.1) is 12.8 Å². The molecule has 0 saturated heterocycles. The Morgan fingerprint density at radius 2 is 1.95 bits per heavy atom. The molecule has 0 aliphatic heterocycles. The van der Waals surface area contributed by atoms with Crippen LogP contribution < -0.4 is 0 Å². The van der Waals surface area contributed by atoms with Gasteiger partial charge in [0.2, 0.25) is 0 Å². The number of carbonyl (C=O) groups excluding carboxylic acids is 1. The van der Waals surface area contributed by atoms with Gasteiger partial charge in [-0.15, -0.1) is 0 Å². The van der Waals surface area contributed by atoms with Crippen molar-refractivity contribution in [1.82, 2.24) is 9.78 Å². The highest BCUT2D eigenvalue weighted by molar-refractivity contribution is 8.13. The second kappa shape index (κ2) is 5.02. The van der Waals surface area contributed by atoms with Crippen LogP contribution >= 0.6 is 10.7 Å². The molecule has 0 N–H and O–H groups in total. The summed E-state index contributed by atoms with van der Waals surface area (Å²) in [5, 5.41) is 3.41. The maximum atomic E-state index is 11.6. The molecule has 0 unspecified atom stereocenters. The van der Waals surface area contributed by atoms with Crippen molar-refractivity contribution in [2.45, 2.75) is 5.03 Å². The van der Waals surface area contributed by atoms with Crippen molar-refractivity contribution in [3.8, 4) is 5.69 Å². The molecule has 100 valence electrons. The summed E-state index contributed by atoms with van der Waals surface area (Å²) < 4.78 is 28.3. The highest BCUT2D eigenvalue weighted by Crippen LogP contribution is 2.19. The number of ether oxygens (including phenoxy) is 1. The Bertz CT molecular complexity index is 710. The number of aromatic nitrogens is 2. The van der Waals surface area contributed by atoms with E-state index in [0.29, 0.717) is 5.69 Å². The minimum atomic E-state index is -4.02. The van der Waals surface area contributed by atoms with Gasteiger partial charge in [0.1, 0.15) is 0 Å². The van der Waals surface area contributed by atoms with Crippen LogP contribution in [0.5, 0.6) is 0 Å². The number of benzene rings is 1. The molecule has 0 aliphatic rings. The summed E-state index contributed by atoms with van der Waals surface area (Å²) in [7, 11) is 2.40. The molecule has 0 atom stereocenters. The molecule has 0 saturated carbocycles. The molecule has 0 aliphatic carbocycles. The van der Waals surface area contributed by atoms with Crippen molar-refractivity contribution < 1.29 is 17.9 Å². The zero-order valence-corrected chi connectivity index (χ0v) is 11.4. The lowest BCUT2D eigenvalue weighted by Crippen LogP contribution is -2.10. The van der Waals surface area contributed by atoms with Gasteiger partial charge in [-0.2, -0.15) is 5.10 Å². The predicted molar refractivity (Wildman–Crippen MR) is 67.9 cm³/mol. The van der Waals surface area contributed by atoms with Gasteiger partial charge in [-0.3, -0.25) is 0 Å². The van der Waals surface area contributed by atoms with Crippen LogP contribution in [0.25, 0.3) is 5.69 Å². The van der Waals surface area contributed by atoms with Crippen LogP contribution in [0.2, 0.25) is 0 Å². The molecule has 2 aromatic rings. The second-order valence-electron chi connectivity index (χ2n) is 3.54. The van der Waals surface area contributed by atoms with Gasteiger partial charge in [0.15, 0.2) is 10.7 Å². The van der Waals surface area contributed by atoms with E-state index in [4.69, 9.17) is 10.7 Å². The Balaban J connectivity index is 2.65. The van der Waals surface area contributed by atoms with E-state index in [-0.39, 0.29) is 5.69 Å². The molecule has 0 spiro atoms. The van der Waals surface area contributed by atoms with Gasteiger partial charge >= 0.3 is 5.97 Å². The molecule has 0 bridgehead atoms. The number of nitrogens with zero attached hydrogens (tertiary/aromatic N) is 2. The Labute approximate surface area is 114 Å². The summed E-state index contributed by atoms with van der Waals surface area (Å²) in [5.41, 5.74) is 0.502. The summed E-state index contributed by atoms with van der Waals surface area (Å²) in [6.07, 6.45) is 0. The zero-order valence-electron chi connectivity index (χ0n) is 9.78. The minimum absolute atomic E-state index is 0.0204. The number of rotatable bonds is 3. The lowest BCUT2D eigenvalue weighted by Gasteiger charge is -2.04. The number of esters is 1. The predicted octanol–water partition coefficient (Wildman–Crippen LogP) is 1.59. The summed E-state index contributed by atoms with van der Waals surface area (Å²) in [5.74, 6) is -0.706. The smallest absolute Gasteiger partial charge is 0.356 e. The van der Waals surface area contributed by atoms with Crippen LogP contribution in [0.1, 0.15) is 10.5 Å². The van der Waals surface area contributed by atoms with E-state index in [1.165, 1.54) is 11.8 Å². The lowest BCUT2D eigenvalue weighted by molar-refractivity contribution is 0.0590. The Kier molecular flexibility index (Phi) is 3.59. The molecule has 8 heteroatoms. The summed E-state index contributed by atoms with van der Waals surface area (Å²) >= 11 is 0. The Morgan fingerprint density at radius 3 is 2.47 bits per heavy atom. The molecule has 0 amide bonds. The molecule has 1 aromatic carbocycles. The van der Waals surface area contributed by atoms with Crippen molar-refractivity contribution in [3.05, 3.63) is 42.1 Å². The van der Waals surface area contributed by atoms with Crippen molar-refractivity contribution in [2.24, 2.45) is 0 Å². The first-order valence-corrected chi connectivity index (χ1v) is 7.43. The Hall–Kier alpha value is -1.86. The summed E-state index contributed by atoms with van der Waals surface area (Å²) in [4.78, 5) is 11.6. The molecule has 0 radical (unpaired) electrons. The fourth-order valence-electron chi connectivity index (χ4n) is 1.49. The van der Waals surface area contributed by atoms with Gasteiger partial charge < -0.3 is 4.74 Å². The highest BCUT2D eigenvalue weighted by Gasteiger charge is 2.23. The van der Waals surface area contributed by atoms with E-state index in [2.05, 4.69) is 9.84 Å². The second-order valence-corrected chi connectivity index (χ2v) is 6.06. The van der Waals surface area contributed by atoms with Gasteiger partial charge in [0, 0.05) is 16.7 Å². The summed E-state index contributed by atoms with van der Waals surface area (Å²) in [6, 6.07) is 9.65. The molecular formula is C11H9ClN2O4S. The number of hydrogen-bond donors (Lipinski definition) is 0. The third kappa shape index (κ3) is 2.77. The van der Waals surface area contributed by atoms with Gasteiger partial charge in [-0.05, 0) is 12.1 Å². The first-order chi connectivity index (χ1) is 8.93. The van der Waals surface area contributed by atoms with E-state index in [1.54, 1.807) is 30.3 Å². The van der Waals surface area contributed by atoms with Crippen molar-refractivity contribution in [2.75, 3.05) is 7.11 Å². The van der Waals surface area contributed by atoms with E-state index in [1.807, 2.05) is 0 Å². The maximum Gasteiger partial charge on any atom is 0.356 e. The monoisotopic (exact) mass is 300 g/mol. The molecule has 19 heavy (non-hydrogen) atoms. The third-order valence-corrected chi connectivity index (χ3v) is 3.51. The zero-order chi connectivity index (χ0) is 14.0. The van der Waals surface area contributed by atoms with E-state index < -0.39 is 20.0 Å². The number of halogens is 1. The molecule has 1 heterocycles. The van der Waals surface area contributed by atoms with Gasteiger partial charge in [0.25, 0.3) is 9.05 Å². The average Bonchev–Trinajstić information content (AvgIpc) is 2.83. The minimum Gasteiger partial charge on any atom is -0.464 e. The number of para-hydroxylation sites is 1. The number of hydrogen-bond acceptors (Lipinski definition) is 5. The SMILES string of the molecule is COC(=O)c1cc(S(=O)(=O)Cl)nn1-c1ccccc1. The number of methoxy groups -OCH3 is 1. The van der Waals surface area contributed by atoms with Gasteiger partial charge in [-0.25, -0.2) is 17.9 Å². The van der Waals surface area contributed by atoms with Crippen molar-refractivity contribution in [1.29, 1.82) is 0 Å². The molecule has 1 aromatic heterocycles. The molecule has 0 fully saturated rings. The first kappa shape index (κ1) is 13.6. The van der Waals surface area contributed by atoms with Crippen LogP contribution in [-0.2, 0) is 13.8 Å². The quantitative estimate of drug-likeness (QED) is 0.635. The third-order valence-electron chi connectivity index (χ3n) is 2.33. The normalized spacial score (nSPS) is 11.3. The average molecular weight is 301 g/mol. The highest BCUT2D eigenvalue weighted by atomic mass is 35.7. The Morgan fingerprint density at radius 1 is 1.32 bits per heavy atom. The fraction of sp³-hybridized carbons (Fsp3) is 0.0909. The maximum absolute atomic E-state index is 11.6. The topological polar surface area (TPSA) is 78.3 Å². The van der Waals surface area contributed by atoms with Crippen molar-refractivity contribution >= 4 is 25.7 Å². The van der Waals surface area contributed by atoms with Crippen LogP contribution in [0.4, 0.5) is 0 Å². The largest absolute Gasteiger partial charge is 0.464 e. The molecule has 2 rings (SSSR count). The lowest BCUT2D eigenvalue weighted by atomic mass is 10.3. The molecular weight excluding hydrogens is 292 g/mol. The molecule has 6 nitrogen and oxygen atoms in total. The standard InChI is InChI=1S/C11H9ClN2O4S/c1-18-11(15)9-7-10(19(12,16)17)13-14(9)8-5-3-2-4-6-8/h2-7H,1H3. The van der Waals surface area contributed by atoms with Crippen LogP contribution in [-0.4, -0.2) is 31.3 Å². The summed E-state index contributed by atoms with van der Waals surface area (Å²) in [6.45, 7) is 0. The van der Waals surface area contributed by atoms with E-state index in [0.717, 1.165) is 6.07 Å². The first-order valence-electron chi connectivity index (χ1n) is 5.12. The van der Waals surface area contributed by atoms with E-state index >= 15 is 0 Å². The van der Waals surface area contributed by atoms with Crippen LogP contribution in [0.15, 0.2) is 41.4 Å². The fourth-order valence-corrected chi connectivity index (χ4v) is 2.15.